The third-order valence-electron chi connectivity index (χ3n) is 5.32. The van der Waals surface area contributed by atoms with Crippen molar-refractivity contribution in [1.82, 2.24) is 9.88 Å². The Bertz CT molecular complexity index is 881. The number of aromatic nitrogens is 1. The van der Waals surface area contributed by atoms with Crippen molar-refractivity contribution >= 4 is 44.9 Å². The second-order valence-corrected chi connectivity index (χ2v) is 8.23. The van der Waals surface area contributed by atoms with Gasteiger partial charge in [0.15, 0.2) is 0 Å². The molecule has 2 saturated heterocycles. The molecule has 0 saturated carbocycles. The molecule has 7 nitrogen and oxygen atoms in total. The number of piperazine rings is 1. The Morgan fingerprint density at radius 3 is 2.55 bits per heavy atom. The number of pyridine rings is 1. The quantitative estimate of drug-likeness (QED) is 0.747. The van der Waals surface area contributed by atoms with Crippen LogP contribution in [-0.2, 0) is 9.59 Å². The molecule has 4 rings (SSSR count). The van der Waals surface area contributed by atoms with Gasteiger partial charge in [-0.25, -0.2) is 4.98 Å². The first-order chi connectivity index (χ1) is 14.1. The van der Waals surface area contributed by atoms with Gasteiger partial charge in [0, 0.05) is 49.8 Å². The second kappa shape index (κ2) is 8.92. The molecular formula is C21H24BrN5O2. The highest BCUT2D eigenvalue weighted by molar-refractivity contribution is 9.10. The zero-order valence-electron chi connectivity index (χ0n) is 16.2. The lowest BCUT2D eigenvalue weighted by Gasteiger charge is -2.35. The summed E-state index contributed by atoms with van der Waals surface area (Å²) in [6, 6.07) is 11.5. The summed E-state index contributed by atoms with van der Waals surface area (Å²) in [5.74, 6) is 1.02. The number of hydrogen-bond donors (Lipinski definition) is 1. The molecule has 3 heterocycles. The van der Waals surface area contributed by atoms with Crippen LogP contribution in [0, 0.1) is 0 Å². The third kappa shape index (κ3) is 4.76. The SMILES string of the molecule is O=C(CN1CCN(c2ccc(Br)cn2)CC1)Nc1ccccc1N1CCCC1=O. The molecule has 1 aromatic carbocycles. The highest BCUT2D eigenvalue weighted by Crippen LogP contribution is 2.29. The van der Waals surface area contributed by atoms with Gasteiger partial charge in [0.25, 0.3) is 0 Å². The van der Waals surface area contributed by atoms with E-state index in [-0.39, 0.29) is 11.8 Å². The van der Waals surface area contributed by atoms with Gasteiger partial charge in [0.2, 0.25) is 11.8 Å². The van der Waals surface area contributed by atoms with Crippen LogP contribution in [0.4, 0.5) is 17.2 Å². The summed E-state index contributed by atoms with van der Waals surface area (Å²) in [5, 5.41) is 3.00. The highest BCUT2D eigenvalue weighted by Gasteiger charge is 2.25. The summed E-state index contributed by atoms with van der Waals surface area (Å²) < 4.78 is 0.965. The van der Waals surface area contributed by atoms with Gasteiger partial charge in [-0.2, -0.15) is 0 Å². The lowest BCUT2D eigenvalue weighted by atomic mass is 10.2. The smallest absolute Gasteiger partial charge is 0.238 e. The number of anilines is 3. The van der Waals surface area contributed by atoms with Crippen molar-refractivity contribution < 1.29 is 9.59 Å². The third-order valence-corrected chi connectivity index (χ3v) is 5.79. The van der Waals surface area contributed by atoms with Crippen LogP contribution < -0.4 is 15.1 Å². The van der Waals surface area contributed by atoms with Crippen LogP contribution in [0.5, 0.6) is 0 Å². The average Bonchev–Trinajstić information content (AvgIpc) is 3.15. The van der Waals surface area contributed by atoms with Gasteiger partial charge in [-0.1, -0.05) is 12.1 Å². The number of nitrogens with zero attached hydrogens (tertiary/aromatic N) is 4. The van der Waals surface area contributed by atoms with Crippen molar-refractivity contribution in [3.8, 4) is 0 Å². The van der Waals surface area contributed by atoms with E-state index in [1.165, 1.54) is 0 Å². The van der Waals surface area contributed by atoms with Crippen LogP contribution in [0.1, 0.15) is 12.8 Å². The van der Waals surface area contributed by atoms with Crippen molar-refractivity contribution in [3.63, 3.8) is 0 Å². The summed E-state index contributed by atoms with van der Waals surface area (Å²) in [6.07, 6.45) is 3.23. The maximum atomic E-state index is 12.6. The van der Waals surface area contributed by atoms with E-state index in [2.05, 4.69) is 36.0 Å². The first-order valence-corrected chi connectivity index (χ1v) is 10.7. The largest absolute Gasteiger partial charge is 0.354 e. The molecule has 2 aromatic rings. The van der Waals surface area contributed by atoms with E-state index in [0.29, 0.717) is 25.2 Å². The molecule has 0 unspecified atom stereocenters. The number of para-hydroxylation sites is 2. The van der Waals surface area contributed by atoms with Crippen molar-refractivity contribution in [2.75, 3.05) is 54.4 Å². The number of benzene rings is 1. The van der Waals surface area contributed by atoms with Gasteiger partial charge in [-0.05, 0) is 46.6 Å². The second-order valence-electron chi connectivity index (χ2n) is 7.31. The number of nitrogens with one attached hydrogen (secondary N) is 1. The highest BCUT2D eigenvalue weighted by atomic mass is 79.9. The molecule has 0 aliphatic carbocycles. The molecule has 0 spiro atoms. The van der Waals surface area contributed by atoms with Gasteiger partial charge in [-0.3, -0.25) is 14.5 Å². The van der Waals surface area contributed by atoms with Crippen LogP contribution in [0.25, 0.3) is 0 Å². The van der Waals surface area contributed by atoms with E-state index in [0.717, 1.165) is 48.6 Å². The average molecular weight is 458 g/mol. The van der Waals surface area contributed by atoms with Gasteiger partial charge in [0.1, 0.15) is 5.82 Å². The van der Waals surface area contributed by atoms with Crippen molar-refractivity contribution in [3.05, 3.63) is 47.1 Å². The molecule has 8 heteroatoms. The van der Waals surface area contributed by atoms with Gasteiger partial charge >= 0.3 is 0 Å². The van der Waals surface area contributed by atoms with Crippen molar-refractivity contribution in [2.24, 2.45) is 0 Å². The van der Waals surface area contributed by atoms with Gasteiger partial charge < -0.3 is 15.1 Å². The van der Waals surface area contributed by atoms with Crippen molar-refractivity contribution in [2.45, 2.75) is 12.8 Å². The van der Waals surface area contributed by atoms with Crippen LogP contribution in [0.3, 0.4) is 0 Å². The Morgan fingerprint density at radius 2 is 1.86 bits per heavy atom. The first kappa shape index (κ1) is 19.8. The normalized spacial score (nSPS) is 17.6. The minimum atomic E-state index is -0.0562. The van der Waals surface area contributed by atoms with Crippen LogP contribution in [0.2, 0.25) is 0 Å². The number of amides is 2. The predicted octanol–water partition coefficient (Wildman–Crippen LogP) is 2.73. The monoisotopic (exact) mass is 457 g/mol. The molecule has 2 amide bonds. The Balaban J connectivity index is 1.32. The van der Waals surface area contributed by atoms with E-state index in [1.54, 1.807) is 11.1 Å². The standard InChI is InChI=1S/C21H24BrN5O2/c22-16-7-8-19(23-14-16)26-12-10-25(11-13-26)15-20(28)24-17-4-1-2-5-18(17)27-9-3-6-21(27)29/h1-2,4-5,7-8,14H,3,6,9-13,15H2,(H,24,28). The van der Waals surface area contributed by atoms with E-state index in [1.807, 2.05) is 36.4 Å². The fourth-order valence-electron chi connectivity index (χ4n) is 3.80. The fraction of sp³-hybridized carbons (Fsp3) is 0.381. The zero-order chi connectivity index (χ0) is 20.2. The van der Waals surface area contributed by atoms with E-state index >= 15 is 0 Å². The Labute approximate surface area is 178 Å². The van der Waals surface area contributed by atoms with Crippen molar-refractivity contribution in [1.29, 1.82) is 0 Å². The van der Waals surface area contributed by atoms with Crippen LogP contribution in [-0.4, -0.2) is 61.0 Å². The molecule has 1 aromatic heterocycles. The Hall–Kier alpha value is -2.45. The zero-order valence-corrected chi connectivity index (χ0v) is 17.8. The fourth-order valence-corrected chi connectivity index (χ4v) is 4.04. The number of hydrogen-bond acceptors (Lipinski definition) is 5. The van der Waals surface area contributed by atoms with Gasteiger partial charge in [-0.15, -0.1) is 0 Å². The van der Waals surface area contributed by atoms with E-state index in [9.17, 15) is 9.59 Å². The molecular weight excluding hydrogens is 434 g/mol. The molecule has 152 valence electrons. The Morgan fingerprint density at radius 1 is 1.07 bits per heavy atom. The molecule has 2 aliphatic heterocycles. The van der Waals surface area contributed by atoms with E-state index < -0.39 is 0 Å². The number of carbonyl (C=O) groups is 2. The summed E-state index contributed by atoms with van der Waals surface area (Å²) in [7, 11) is 0. The van der Waals surface area contributed by atoms with Crippen LogP contribution >= 0.6 is 15.9 Å². The molecule has 0 radical (unpaired) electrons. The topological polar surface area (TPSA) is 68.8 Å². The van der Waals surface area contributed by atoms with Gasteiger partial charge in [0.05, 0.1) is 17.9 Å². The Kier molecular flexibility index (Phi) is 6.10. The lowest BCUT2D eigenvalue weighted by Crippen LogP contribution is -2.49. The maximum absolute atomic E-state index is 12.6. The summed E-state index contributed by atoms with van der Waals surface area (Å²) in [5.41, 5.74) is 1.49. The molecule has 2 aliphatic rings. The first-order valence-electron chi connectivity index (χ1n) is 9.88. The number of carbonyl (C=O) groups excluding carboxylic acids is 2. The molecule has 1 N–H and O–H groups in total. The van der Waals surface area contributed by atoms with E-state index in [4.69, 9.17) is 0 Å². The molecule has 0 atom stereocenters. The number of rotatable bonds is 5. The summed E-state index contributed by atoms with van der Waals surface area (Å²) in [4.78, 5) is 35.3. The molecule has 29 heavy (non-hydrogen) atoms. The molecule has 0 bridgehead atoms. The molecule has 2 fully saturated rings. The summed E-state index contributed by atoms with van der Waals surface area (Å²) >= 11 is 3.41. The number of halogens is 1. The predicted molar refractivity (Wildman–Crippen MR) is 117 cm³/mol. The van der Waals surface area contributed by atoms with Crippen LogP contribution in [0.15, 0.2) is 47.1 Å². The summed E-state index contributed by atoms with van der Waals surface area (Å²) in [6.45, 7) is 4.32. The maximum Gasteiger partial charge on any atom is 0.238 e. The minimum absolute atomic E-state index is 0.0562. The lowest BCUT2D eigenvalue weighted by molar-refractivity contribution is -0.118. The minimum Gasteiger partial charge on any atom is -0.354 e.